The Morgan fingerprint density at radius 3 is 2.63 bits per heavy atom. The van der Waals surface area contributed by atoms with Crippen molar-refractivity contribution < 1.29 is 4.39 Å². The van der Waals surface area contributed by atoms with Crippen molar-refractivity contribution in [3.05, 3.63) is 29.6 Å². The van der Waals surface area contributed by atoms with Crippen LogP contribution in [0.15, 0.2) is 27.4 Å². The molecule has 2 rings (SSSR count). The molecule has 102 valence electrons. The van der Waals surface area contributed by atoms with Crippen molar-refractivity contribution in [1.82, 2.24) is 10.2 Å². The Labute approximate surface area is 119 Å². The molecule has 2 N–H and O–H groups in total. The highest BCUT2D eigenvalue weighted by Gasteiger charge is 2.11. The number of anilines is 1. The van der Waals surface area contributed by atoms with Crippen molar-refractivity contribution >= 4 is 28.2 Å². The third-order valence-electron chi connectivity index (χ3n) is 2.46. The highest BCUT2D eigenvalue weighted by atomic mass is 32.2. The molecule has 1 heterocycles. The Morgan fingerprint density at radius 2 is 2.11 bits per heavy atom. The van der Waals surface area contributed by atoms with Crippen LogP contribution < -0.4 is 10.6 Å². The molecule has 2 aromatic rings. The van der Waals surface area contributed by atoms with E-state index in [2.05, 4.69) is 10.2 Å². The van der Waals surface area contributed by atoms with E-state index in [1.807, 2.05) is 32.0 Å². The predicted octanol–water partition coefficient (Wildman–Crippen LogP) is 2.91. The van der Waals surface area contributed by atoms with Gasteiger partial charge in [0.15, 0.2) is 4.34 Å². The van der Waals surface area contributed by atoms with E-state index in [1.165, 1.54) is 29.2 Å². The summed E-state index contributed by atoms with van der Waals surface area (Å²) in [6.07, 6.45) is 0. The molecular weight excluding hydrogens is 283 g/mol. The summed E-state index contributed by atoms with van der Waals surface area (Å²) in [5.74, 6) is -0.276. The zero-order valence-corrected chi connectivity index (χ0v) is 12.6. The van der Waals surface area contributed by atoms with E-state index in [1.54, 1.807) is 6.07 Å². The third kappa shape index (κ3) is 3.43. The fraction of sp³-hybridized carbons (Fsp3) is 0.333. The second-order valence-corrected chi connectivity index (χ2v) is 6.57. The Morgan fingerprint density at radius 1 is 1.37 bits per heavy atom. The van der Waals surface area contributed by atoms with Crippen molar-refractivity contribution in [1.29, 1.82) is 0 Å². The summed E-state index contributed by atoms with van der Waals surface area (Å²) in [7, 11) is 3.79. The lowest BCUT2D eigenvalue weighted by Gasteiger charge is -2.07. The van der Waals surface area contributed by atoms with E-state index < -0.39 is 0 Å². The zero-order valence-electron chi connectivity index (χ0n) is 10.9. The molecule has 0 saturated heterocycles. The molecule has 4 nitrogen and oxygen atoms in total. The molecule has 19 heavy (non-hydrogen) atoms. The van der Waals surface area contributed by atoms with Crippen LogP contribution in [0, 0.1) is 5.82 Å². The van der Waals surface area contributed by atoms with Crippen LogP contribution in [0.4, 0.5) is 9.52 Å². The van der Waals surface area contributed by atoms with Gasteiger partial charge in [-0.05, 0) is 24.6 Å². The number of halogens is 1. The summed E-state index contributed by atoms with van der Waals surface area (Å²) in [6, 6.07) is 4.87. The van der Waals surface area contributed by atoms with Crippen LogP contribution in [-0.4, -0.2) is 24.3 Å². The normalized spacial score (nSPS) is 12.5. The second-order valence-electron chi connectivity index (χ2n) is 4.33. The van der Waals surface area contributed by atoms with Crippen molar-refractivity contribution in [3.8, 4) is 0 Å². The molecule has 0 aliphatic heterocycles. The van der Waals surface area contributed by atoms with Gasteiger partial charge in [-0.15, -0.1) is 10.2 Å². The highest BCUT2D eigenvalue weighted by Crippen LogP contribution is 2.34. The number of hydrogen-bond acceptors (Lipinski definition) is 6. The maximum Gasteiger partial charge on any atom is 0.208 e. The van der Waals surface area contributed by atoms with Gasteiger partial charge in [-0.3, -0.25) is 0 Å². The molecule has 0 bridgehead atoms. The monoisotopic (exact) mass is 298 g/mol. The average molecular weight is 298 g/mol. The second kappa shape index (κ2) is 5.85. The Kier molecular flexibility index (Phi) is 4.38. The number of rotatable bonds is 4. The first-order chi connectivity index (χ1) is 8.97. The molecule has 1 aromatic heterocycles. The summed E-state index contributed by atoms with van der Waals surface area (Å²) < 4.78 is 14.6. The minimum absolute atomic E-state index is 0.171. The SMILES string of the molecule is C[C@H](N)c1ccc(Sc2nnc(N(C)C)s2)c(F)c1. The molecular formula is C12H15FN4S2. The molecule has 0 spiro atoms. The number of nitrogens with zero attached hydrogens (tertiary/aromatic N) is 3. The Bertz CT molecular complexity index is 569. The smallest absolute Gasteiger partial charge is 0.208 e. The van der Waals surface area contributed by atoms with Gasteiger partial charge in [0.1, 0.15) is 5.82 Å². The van der Waals surface area contributed by atoms with Gasteiger partial charge in [-0.2, -0.15) is 0 Å². The van der Waals surface area contributed by atoms with Crippen LogP contribution in [0.1, 0.15) is 18.5 Å². The molecule has 0 fully saturated rings. The van der Waals surface area contributed by atoms with E-state index in [-0.39, 0.29) is 11.9 Å². The van der Waals surface area contributed by atoms with Gasteiger partial charge in [0, 0.05) is 20.1 Å². The average Bonchev–Trinajstić information content (AvgIpc) is 2.80. The first kappa shape index (κ1) is 14.2. The molecule has 0 saturated carbocycles. The molecule has 0 radical (unpaired) electrons. The molecule has 0 aliphatic carbocycles. The highest BCUT2D eigenvalue weighted by molar-refractivity contribution is 8.01. The van der Waals surface area contributed by atoms with E-state index in [0.29, 0.717) is 4.90 Å². The van der Waals surface area contributed by atoms with Crippen LogP contribution in [0.5, 0.6) is 0 Å². The fourth-order valence-electron chi connectivity index (χ4n) is 1.40. The minimum Gasteiger partial charge on any atom is -0.353 e. The first-order valence-electron chi connectivity index (χ1n) is 5.71. The van der Waals surface area contributed by atoms with E-state index >= 15 is 0 Å². The van der Waals surface area contributed by atoms with Crippen LogP contribution in [-0.2, 0) is 0 Å². The van der Waals surface area contributed by atoms with E-state index in [9.17, 15) is 4.39 Å². The summed E-state index contributed by atoms with van der Waals surface area (Å²) in [5, 5.41) is 8.85. The van der Waals surface area contributed by atoms with Gasteiger partial charge in [0.25, 0.3) is 0 Å². The zero-order chi connectivity index (χ0) is 14.0. The first-order valence-corrected chi connectivity index (χ1v) is 7.34. The van der Waals surface area contributed by atoms with Crippen LogP contribution in [0.3, 0.4) is 0 Å². The Hall–Kier alpha value is -1.18. The molecule has 1 atom stereocenters. The molecule has 7 heteroatoms. The maximum absolute atomic E-state index is 13.9. The van der Waals surface area contributed by atoms with Crippen molar-refractivity contribution in [2.45, 2.75) is 22.2 Å². The lowest BCUT2D eigenvalue weighted by molar-refractivity contribution is 0.596. The molecule has 0 unspecified atom stereocenters. The van der Waals surface area contributed by atoms with Crippen LogP contribution >= 0.6 is 23.1 Å². The maximum atomic E-state index is 13.9. The number of aromatic nitrogens is 2. The molecule has 0 aliphatic rings. The third-order valence-corrected chi connectivity index (χ3v) is 4.65. The fourth-order valence-corrected chi connectivity index (χ4v) is 3.13. The number of nitrogens with two attached hydrogens (primary N) is 1. The topological polar surface area (TPSA) is 55.0 Å². The van der Waals surface area contributed by atoms with Crippen LogP contribution in [0.2, 0.25) is 0 Å². The summed E-state index contributed by atoms with van der Waals surface area (Å²) >= 11 is 2.71. The molecule has 0 amide bonds. The largest absolute Gasteiger partial charge is 0.353 e. The van der Waals surface area contributed by atoms with Crippen molar-refractivity contribution in [3.63, 3.8) is 0 Å². The lowest BCUT2D eigenvalue weighted by Crippen LogP contribution is -2.07. The van der Waals surface area contributed by atoms with E-state index in [0.717, 1.165) is 15.0 Å². The van der Waals surface area contributed by atoms with Crippen LogP contribution in [0.25, 0.3) is 0 Å². The number of hydrogen-bond donors (Lipinski definition) is 1. The van der Waals surface area contributed by atoms with Gasteiger partial charge >= 0.3 is 0 Å². The predicted molar refractivity (Wildman–Crippen MR) is 77.4 cm³/mol. The summed E-state index contributed by atoms with van der Waals surface area (Å²) in [4.78, 5) is 2.41. The molecule has 1 aromatic carbocycles. The summed E-state index contributed by atoms with van der Waals surface area (Å²) in [5.41, 5.74) is 6.51. The lowest BCUT2D eigenvalue weighted by atomic mass is 10.1. The minimum atomic E-state index is -0.276. The van der Waals surface area contributed by atoms with Crippen molar-refractivity contribution in [2.24, 2.45) is 5.73 Å². The number of benzene rings is 1. The summed E-state index contributed by atoms with van der Waals surface area (Å²) in [6.45, 7) is 1.83. The quantitative estimate of drug-likeness (QED) is 0.940. The van der Waals surface area contributed by atoms with Gasteiger partial charge in [0.05, 0.1) is 4.90 Å². The standard InChI is InChI=1S/C12H15FN4S2/c1-7(14)8-4-5-10(9(13)6-8)18-12-16-15-11(19-12)17(2)3/h4-7H,14H2,1-3H3/t7-/m0/s1. The van der Waals surface area contributed by atoms with E-state index in [4.69, 9.17) is 5.73 Å². The Balaban J connectivity index is 2.18. The van der Waals surface area contributed by atoms with Gasteiger partial charge < -0.3 is 10.6 Å². The van der Waals surface area contributed by atoms with Gasteiger partial charge in [-0.1, -0.05) is 29.2 Å². The van der Waals surface area contributed by atoms with Gasteiger partial charge in [-0.25, -0.2) is 4.39 Å². The van der Waals surface area contributed by atoms with Crippen molar-refractivity contribution in [2.75, 3.05) is 19.0 Å². The van der Waals surface area contributed by atoms with Gasteiger partial charge in [0.2, 0.25) is 5.13 Å².